The SMILES string of the molecule is Cc1nc(Oc2cccc(I)c2)ccc1Br. The zero-order valence-corrected chi connectivity index (χ0v) is 12.3. The second kappa shape index (κ2) is 5.14. The number of aromatic nitrogens is 1. The summed E-state index contributed by atoms with van der Waals surface area (Å²) in [6.45, 7) is 1.94. The third kappa shape index (κ3) is 2.95. The van der Waals surface area contributed by atoms with Crippen LogP contribution in [0.2, 0.25) is 0 Å². The maximum atomic E-state index is 5.66. The second-order valence-corrected chi connectivity index (χ2v) is 5.38. The molecule has 0 N–H and O–H groups in total. The van der Waals surface area contributed by atoms with E-state index in [1.165, 1.54) is 0 Å². The summed E-state index contributed by atoms with van der Waals surface area (Å²) in [4.78, 5) is 4.33. The number of hydrogen-bond donors (Lipinski definition) is 0. The third-order valence-electron chi connectivity index (χ3n) is 2.01. The lowest BCUT2D eigenvalue weighted by atomic mass is 10.3. The molecule has 2 rings (SSSR count). The first-order valence-electron chi connectivity index (χ1n) is 4.72. The van der Waals surface area contributed by atoms with Crippen molar-refractivity contribution < 1.29 is 4.74 Å². The fraction of sp³-hybridized carbons (Fsp3) is 0.0833. The van der Waals surface area contributed by atoms with E-state index in [0.717, 1.165) is 19.5 Å². The summed E-state index contributed by atoms with van der Waals surface area (Å²) in [7, 11) is 0. The third-order valence-corrected chi connectivity index (χ3v) is 3.52. The highest BCUT2D eigenvalue weighted by Crippen LogP contribution is 2.23. The highest BCUT2D eigenvalue weighted by molar-refractivity contribution is 14.1. The molecule has 82 valence electrons. The first kappa shape index (κ1) is 11.9. The second-order valence-electron chi connectivity index (χ2n) is 3.28. The summed E-state index contributed by atoms with van der Waals surface area (Å²) in [5.41, 5.74) is 0.920. The van der Waals surface area contributed by atoms with Crippen LogP contribution < -0.4 is 4.74 Å². The standard InChI is InChI=1S/C12H9BrINO/c1-8-11(13)5-6-12(15-8)16-10-4-2-3-9(14)7-10/h2-7H,1H3. The minimum Gasteiger partial charge on any atom is -0.439 e. The summed E-state index contributed by atoms with van der Waals surface area (Å²) < 4.78 is 7.79. The van der Waals surface area contributed by atoms with E-state index >= 15 is 0 Å². The molecule has 0 aliphatic rings. The van der Waals surface area contributed by atoms with Gasteiger partial charge >= 0.3 is 0 Å². The van der Waals surface area contributed by atoms with Crippen LogP contribution in [0.15, 0.2) is 40.9 Å². The van der Waals surface area contributed by atoms with Crippen molar-refractivity contribution in [2.45, 2.75) is 6.92 Å². The molecule has 2 nitrogen and oxygen atoms in total. The van der Waals surface area contributed by atoms with Crippen molar-refractivity contribution in [2.75, 3.05) is 0 Å². The normalized spacial score (nSPS) is 10.2. The van der Waals surface area contributed by atoms with Crippen molar-refractivity contribution >= 4 is 38.5 Å². The van der Waals surface area contributed by atoms with E-state index in [1.54, 1.807) is 0 Å². The van der Waals surface area contributed by atoms with E-state index in [2.05, 4.69) is 43.5 Å². The molecule has 0 aliphatic heterocycles. The number of nitrogens with zero attached hydrogens (tertiary/aromatic N) is 1. The van der Waals surface area contributed by atoms with E-state index in [-0.39, 0.29) is 0 Å². The number of ether oxygens (including phenoxy) is 1. The van der Waals surface area contributed by atoms with Crippen LogP contribution in [0.3, 0.4) is 0 Å². The molecule has 16 heavy (non-hydrogen) atoms. The minimum atomic E-state index is 0.614. The molecule has 0 radical (unpaired) electrons. The lowest BCUT2D eigenvalue weighted by molar-refractivity contribution is 0.461. The number of rotatable bonds is 2. The highest BCUT2D eigenvalue weighted by Gasteiger charge is 2.01. The van der Waals surface area contributed by atoms with Crippen LogP contribution in [0.1, 0.15) is 5.69 Å². The van der Waals surface area contributed by atoms with Crippen LogP contribution in [0.5, 0.6) is 11.6 Å². The summed E-state index contributed by atoms with van der Waals surface area (Å²) in [6.07, 6.45) is 0. The van der Waals surface area contributed by atoms with Gasteiger partial charge in [-0.15, -0.1) is 0 Å². The summed E-state index contributed by atoms with van der Waals surface area (Å²) >= 11 is 5.66. The minimum absolute atomic E-state index is 0.614. The van der Waals surface area contributed by atoms with Crippen molar-refractivity contribution in [3.05, 3.63) is 50.1 Å². The van der Waals surface area contributed by atoms with Crippen molar-refractivity contribution in [3.8, 4) is 11.6 Å². The van der Waals surface area contributed by atoms with Crippen LogP contribution in [-0.4, -0.2) is 4.98 Å². The van der Waals surface area contributed by atoms with Gasteiger partial charge in [0.2, 0.25) is 5.88 Å². The first-order chi connectivity index (χ1) is 7.65. The average Bonchev–Trinajstić information content (AvgIpc) is 2.24. The zero-order valence-electron chi connectivity index (χ0n) is 8.58. The first-order valence-corrected chi connectivity index (χ1v) is 6.59. The van der Waals surface area contributed by atoms with Crippen LogP contribution in [0.25, 0.3) is 0 Å². The van der Waals surface area contributed by atoms with Gasteiger partial charge in [0.1, 0.15) is 5.75 Å². The molecule has 0 atom stereocenters. The lowest BCUT2D eigenvalue weighted by Crippen LogP contribution is -1.90. The molecular weight excluding hydrogens is 381 g/mol. The van der Waals surface area contributed by atoms with Crippen molar-refractivity contribution in [2.24, 2.45) is 0 Å². The Bertz CT molecular complexity index is 516. The van der Waals surface area contributed by atoms with E-state index in [9.17, 15) is 0 Å². The van der Waals surface area contributed by atoms with Crippen molar-refractivity contribution in [1.29, 1.82) is 0 Å². The molecule has 0 saturated heterocycles. The highest BCUT2D eigenvalue weighted by atomic mass is 127. The fourth-order valence-electron chi connectivity index (χ4n) is 1.23. The molecule has 1 heterocycles. The van der Waals surface area contributed by atoms with Crippen LogP contribution in [0, 0.1) is 10.5 Å². The van der Waals surface area contributed by atoms with Crippen LogP contribution >= 0.6 is 38.5 Å². The smallest absolute Gasteiger partial charge is 0.219 e. The summed E-state index contributed by atoms with van der Waals surface area (Å²) in [6, 6.07) is 11.7. The summed E-state index contributed by atoms with van der Waals surface area (Å²) in [5.74, 6) is 1.42. The Labute approximate surface area is 116 Å². The monoisotopic (exact) mass is 389 g/mol. The Hall–Kier alpha value is -0.620. The van der Waals surface area contributed by atoms with Crippen LogP contribution in [-0.2, 0) is 0 Å². The quantitative estimate of drug-likeness (QED) is 0.703. The van der Waals surface area contributed by atoms with Crippen molar-refractivity contribution in [1.82, 2.24) is 4.98 Å². The van der Waals surface area contributed by atoms with Crippen molar-refractivity contribution in [3.63, 3.8) is 0 Å². The topological polar surface area (TPSA) is 22.1 Å². The molecule has 0 fully saturated rings. The Kier molecular flexibility index (Phi) is 3.81. The van der Waals surface area contributed by atoms with Crippen LogP contribution in [0.4, 0.5) is 0 Å². The molecule has 4 heteroatoms. The number of hydrogen-bond acceptors (Lipinski definition) is 2. The Morgan fingerprint density at radius 3 is 2.75 bits per heavy atom. The van der Waals surface area contributed by atoms with Gasteiger partial charge in [-0.05, 0) is 69.7 Å². The Morgan fingerprint density at radius 1 is 1.25 bits per heavy atom. The van der Waals surface area contributed by atoms with Gasteiger partial charge in [0, 0.05) is 14.1 Å². The van der Waals surface area contributed by atoms with E-state index in [0.29, 0.717) is 5.88 Å². The Morgan fingerprint density at radius 2 is 2.06 bits per heavy atom. The number of benzene rings is 1. The average molecular weight is 390 g/mol. The van der Waals surface area contributed by atoms with Gasteiger partial charge in [-0.3, -0.25) is 0 Å². The van der Waals surface area contributed by atoms with Gasteiger partial charge in [0.25, 0.3) is 0 Å². The van der Waals surface area contributed by atoms with Gasteiger partial charge in [-0.1, -0.05) is 6.07 Å². The molecular formula is C12H9BrINO. The van der Waals surface area contributed by atoms with Gasteiger partial charge in [0.05, 0.1) is 5.69 Å². The van der Waals surface area contributed by atoms with E-state index in [4.69, 9.17) is 4.74 Å². The largest absolute Gasteiger partial charge is 0.439 e. The molecule has 0 aliphatic carbocycles. The molecule has 0 spiro atoms. The molecule has 1 aromatic carbocycles. The molecule has 2 aromatic rings. The summed E-state index contributed by atoms with van der Waals surface area (Å²) in [5, 5.41) is 0. The van der Waals surface area contributed by atoms with Gasteiger partial charge in [0.15, 0.2) is 0 Å². The van der Waals surface area contributed by atoms with E-state index < -0.39 is 0 Å². The van der Waals surface area contributed by atoms with Gasteiger partial charge in [-0.25, -0.2) is 4.98 Å². The van der Waals surface area contributed by atoms with Gasteiger partial charge < -0.3 is 4.74 Å². The lowest BCUT2D eigenvalue weighted by Gasteiger charge is -2.06. The number of aryl methyl sites for hydroxylation is 1. The van der Waals surface area contributed by atoms with E-state index in [1.807, 2.05) is 43.3 Å². The molecule has 0 unspecified atom stereocenters. The number of halogens is 2. The molecule has 0 saturated carbocycles. The number of pyridine rings is 1. The van der Waals surface area contributed by atoms with Gasteiger partial charge in [-0.2, -0.15) is 0 Å². The maximum Gasteiger partial charge on any atom is 0.219 e. The molecule has 1 aromatic heterocycles. The fourth-order valence-corrected chi connectivity index (χ4v) is 1.96. The molecule has 0 bridgehead atoms. The maximum absolute atomic E-state index is 5.66. The Balaban J connectivity index is 2.24. The predicted octanol–water partition coefficient (Wildman–Crippen LogP) is 4.55. The molecule has 0 amide bonds. The zero-order chi connectivity index (χ0) is 11.5. The predicted molar refractivity (Wildman–Crippen MR) is 75.9 cm³/mol.